The number of nitrogens with one attached hydrogen (secondary N) is 1. The molecule has 5 nitrogen and oxygen atoms in total. The number of aryl methyl sites for hydroxylation is 1. The van der Waals surface area contributed by atoms with Crippen LogP contribution in [0.1, 0.15) is 27.3 Å². The summed E-state index contributed by atoms with van der Waals surface area (Å²) in [4.78, 5) is 11.3. The highest BCUT2D eigenvalue weighted by atomic mass is 35.5. The monoisotopic (exact) mass is 293 g/mol. The number of nitrogens with zero attached hydrogens (tertiary/aromatic N) is 2. The fourth-order valence-corrected chi connectivity index (χ4v) is 2.42. The number of aromatic nitrogens is 2. The van der Waals surface area contributed by atoms with E-state index in [-0.39, 0.29) is 18.1 Å². The highest BCUT2D eigenvalue weighted by molar-refractivity contribution is 5.87. The van der Waals surface area contributed by atoms with Crippen molar-refractivity contribution in [3.8, 4) is 5.69 Å². The van der Waals surface area contributed by atoms with Crippen LogP contribution >= 0.6 is 12.4 Å². The molecule has 1 aromatic heterocycles. The number of fused-ring (bicyclic) bond motifs is 1. The van der Waals surface area contributed by atoms with Crippen LogP contribution in [-0.2, 0) is 13.0 Å². The molecule has 6 heteroatoms. The zero-order chi connectivity index (χ0) is 13.4. The van der Waals surface area contributed by atoms with Gasteiger partial charge in [-0.2, -0.15) is 5.10 Å². The fourth-order valence-electron chi connectivity index (χ4n) is 2.42. The van der Waals surface area contributed by atoms with Crippen molar-refractivity contribution in [3.05, 3.63) is 46.8 Å². The summed E-state index contributed by atoms with van der Waals surface area (Å²) in [6.45, 7) is 3.45. The molecule has 0 radical (unpaired) electrons. The Morgan fingerprint density at radius 2 is 2.05 bits per heavy atom. The van der Waals surface area contributed by atoms with Crippen LogP contribution in [0.3, 0.4) is 0 Å². The first-order valence-corrected chi connectivity index (χ1v) is 6.28. The van der Waals surface area contributed by atoms with Crippen LogP contribution in [0.15, 0.2) is 24.3 Å². The van der Waals surface area contributed by atoms with E-state index in [0.717, 1.165) is 29.9 Å². The zero-order valence-electron chi connectivity index (χ0n) is 11.1. The van der Waals surface area contributed by atoms with Gasteiger partial charge in [0.25, 0.3) is 0 Å². The summed E-state index contributed by atoms with van der Waals surface area (Å²) in [5, 5.41) is 16.7. The number of hydrogen-bond donors (Lipinski definition) is 2. The normalized spacial score (nSPS) is 13.4. The Bertz CT molecular complexity index is 635. The van der Waals surface area contributed by atoms with Crippen molar-refractivity contribution < 1.29 is 9.90 Å². The first kappa shape index (κ1) is 14.6. The summed E-state index contributed by atoms with van der Waals surface area (Å²) >= 11 is 0. The van der Waals surface area contributed by atoms with Gasteiger partial charge in [0.2, 0.25) is 0 Å². The van der Waals surface area contributed by atoms with E-state index in [1.165, 1.54) is 5.56 Å². The molecule has 0 fully saturated rings. The van der Waals surface area contributed by atoms with Crippen LogP contribution in [0.5, 0.6) is 0 Å². The average Bonchev–Trinajstić information content (AvgIpc) is 2.79. The molecule has 0 aliphatic carbocycles. The van der Waals surface area contributed by atoms with E-state index < -0.39 is 5.97 Å². The molecular formula is C14H16ClN3O2. The molecule has 1 aliphatic heterocycles. The van der Waals surface area contributed by atoms with Crippen LogP contribution in [0.25, 0.3) is 5.69 Å². The lowest BCUT2D eigenvalue weighted by atomic mass is 10.1. The van der Waals surface area contributed by atoms with Crippen LogP contribution < -0.4 is 5.32 Å². The highest BCUT2D eigenvalue weighted by Crippen LogP contribution is 2.22. The Balaban J connectivity index is 0.00000147. The molecule has 3 rings (SSSR count). The van der Waals surface area contributed by atoms with E-state index in [1.54, 1.807) is 4.68 Å². The van der Waals surface area contributed by atoms with Crippen molar-refractivity contribution in [2.75, 3.05) is 6.54 Å². The van der Waals surface area contributed by atoms with E-state index in [1.807, 2.05) is 31.2 Å². The second kappa shape index (κ2) is 5.64. The third-order valence-corrected chi connectivity index (χ3v) is 3.41. The van der Waals surface area contributed by atoms with Gasteiger partial charge in [-0.15, -0.1) is 12.4 Å². The molecule has 2 aromatic rings. The Morgan fingerprint density at radius 3 is 2.70 bits per heavy atom. The SMILES string of the molecule is Cc1ccc(-n2nc(C(=O)O)c3c2CCNC3)cc1.Cl. The van der Waals surface area contributed by atoms with Crippen molar-refractivity contribution >= 4 is 18.4 Å². The first-order valence-electron chi connectivity index (χ1n) is 6.28. The molecule has 106 valence electrons. The van der Waals surface area contributed by atoms with E-state index in [4.69, 9.17) is 0 Å². The molecule has 0 saturated carbocycles. The zero-order valence-corrected chi connectivity index (χ0v) is 11.9. The maximum absolute atomic E-state index is 11.3. The fraction of sp³-hybridized carbons (Fsp3) is 0.286. The maximum atomic E-state index is 11.3. The lowest BCUT2D eigenvalue weighted by molar-refractivity contribution is 0.0688. The van der Waals surface area contributed by atoms with E-state index in [2.05, 4.69) is 10.4 Å². The molecular weight excluding hydrogens is 278 g/mol. The van der Waals surface area contributed by atoms with Crippen molar-refractivity contribution in [3.63, 3.8) is 0 Å². The molecule has 2 N–H and O–H groups in total. The number of carboxylic acids is 1. The topological polar surface area (TPSA) is 67.2 Å². The number of carbonyl (C=O) groups is 1. The number of carboxylic acid groups (broad SMARTS) is 1. The summed E-state index contributed by atoms with van der Waals surface area (Å²) in [5.74, 6) is -0.967. The maximum Gasteiger partial charge on any atom is 0.356 e. The molecule has 0 spiro atoms. The van der Waals surface area contributed by atoms with Gasteiger partial charge in [-0.05, 0) is 19.1 Å². The molecule has 0 amide bonds. The molecule has 1 aliphatic rings. The molecule has 0 saturated heterocycles. The summed E-state index contributed by atoms with van der Waals surface area (Å²) < 4.78 is 1.76. The number of halogens is 1. The Hall–Kier alpha value is -1.85. The van der Waals surface area contributed by atoms with E-state index >= 15 is 0 Å². The molecule has 2 heterocycles. The van der Waals surface area contributed by atoms with Gasteiger partial charge in [0.05, 0.1) is 11.4 Å². The van der Waals surface area contributed by atoms with Gasteiger partial charge in [0.1, 0.15) is 0 Å². The summed E-state index contributed by atoms with van der Waals surface area (Å²) in [7, 11) is 0. The Kier molecular flexibility index (Phi) is 4.11. The largest absolute Gasteiger partial charge is 0.476 e. The minimum absolute atomic E-state index is 0. The Morgan fingerprint density at radius 1 is 1.35 bits per heavy atom. The van der Waals surface area contributed by atoms with Gasteiger partial charge >= 0.3 is 5.97 Å². The first-order chi connectivity index (χ1) is 9.16. The predicted molar refractivity (Wildman–Crippen MR) is 77.9 cm³/mol. The van der Waals surface area contributed by atoms with Crippen LogP contribution in [0.2, 0.25) is 0 Å². The third-order valence-electron chi connectivity index (χ3n) is 3.41. The smallest absolute Gasteiger partial charge is 0.356 e. The number of aromatic carboxylic acids is 1. The highest BCUT2D eigenvalue weighted by Gasteiger charge is 2.24. The Labute approximate surface area is 123 Å². The summed E-state index contributed by atoms with van der Waals surface area (Å²) in [5.41, 5.74) is 4.04. The lowest BCUT2D eigenvalue weighted by Gasteiger charge is -2.15. The second-order valence-corrected chi connectivity index (χ2v) is 4.75. The van der Waals surface area contributed by atoms with Crippen molar-refractivity contribution in [1.82, 2.24) is 15.1 Å². The molecule has 20 heavy (non-hydrogen) atoms. The van der Waals surface area contributed by atoms with Crippen molar-refractivity contribution in [2.24, 2.45) is 0 Å². The van der Waals surface area contributed by atoms with E-state index in [0.29, 0.717) is 6.54 Å². The number of hydrogen-bond acceptors (Lipinski definition) is 3. The second-order valence-electron chi connectivity index (χ2n) is 4.75. The van der Waals surface area contributed by atoms with Crippen LogP contribution in [-0.4, -0.2) is 27.4 Å². The summed E-state index contributed by atoms with van der Waals surface area (Å²) in [6, 6.07) is 7.95. The number of benzene rings is 1. The quantitative estimate of drug-likeness (QED) is 0.888. The molecule has 0 unspecified atom stereocenters. The van der Waals surface area contributed by atoms with Crippen LogP contribution in [0.4, 0.5) is 0 Å². The molecule has 1 aromatic carbocycles. The van der Waals surface area contributed by atoms with E-state index in [9.17, 15) is 9.90 Å². The average molecular weight is 294 g/mol. The van der Waals surface area contributed by atoms with Crippen molar-refractivity contribution in [2.45, 2.75) is 19.9 Å². The third kappa shape index (κ3) is 2.42. The van der Waals surface area contributed by atoms with Crippen molar-refractivity contribution in [1.29, 1.82) is 0 Å². The lowest BCUT2D eigenvalue weighted by Crippen LogP contribution is -2.25. The number of rotatable bonds is 2. The minimum Gasteiger partial charge on any atom is -0.476 e. The minimum atomic E-state index is -0.967. The van der Waals surface area contributed by atoms with Gasteiger partial charge in [0, 0.05) is 25.1 Å². The van der Waals surface area contributed by atoms with Crippen LogP contribution in [0, 0.1) is 6.92 Å². The van der Waals surface area contributed by atoms with Gasteiger partial charge in [-0.25, -0.2) is 9.48 Å². The van der Waals surface area contributed by atoms with Gasteiger partial charge in [-0.3, -0.25) is 0 Å². The van der Waals surface area contributed by atoms with Gasteiger partial charge < -0.3 is 10.4 Å². The standard InChI is InChI=1S/C14H15N3O2.ClH/c1-9-2-4-10(5-3-9)17-12-6-7-15-8-11(12)13(16-17)14(18)19;/h2-5,15H,6-8H2,1H3,(H,18,19);1H. The summed E-state index contributed by atoms with van der Waals surface area (Å²) in [6.07, 6.45) is 0.795. The molecule has 0 bridgehead atoms. The van der Waals surface area contributed by atoms with Gasteiger partial charge in [-0.1, -0.05) is 17.7 Å². The molecule has 0 atom stereocenters. The van der Waals surface area contributed by atoms with Gasteiger partial charge in [0.15, 0.2) is 5.69 Å². The predicted octanol–water partition coefficient (Wildman–Crippen LogP) is 1.95.